The third-order valence-electron chi connectivity index (χ3n) is 1.42. The molecule has 0 aromatic heterocycles. The van der Waals surface area contributed by atoms with Crippen LogP contribution in [0.1, 0.15) is 6.92 Å². The van der Waals surface area contributed by atoms with E-state index in [2.05, 4.69) is 5.32 Å². The minimum Gasteiger partial charge on any atom is -0.370 e. The Kier molecular flexibility index (Phi) is 2.65. The van der Waals surface area contributed by atoms with Gasteiger partial charge in [-0.15, -0.1) is 0 Å². The van der Waals surface area contributed by atoms with Gasteiger partial charge in [0.25, 0.3) is 0 Å². The number of halogens is 1. The number of benzene rings is 1. The maximum atomic E-state index is 12.4. The van der Waals surface area contributed by atoms with Crippen molar-refractivity contribution in [1.29, 1.82) is 5.26 Å². The van der Waals surface area contributed by atoms with Crippen LogP contribution in [0.3, 0.4) is 0 Å². The van der Waals surface area contributed by atoms with Crippen LogP contribution in [0.2, 0.25) is 0 Å². The molecular weight excluding hydrogens is 155 g/mol. The Morgan fingerprint density at radius 2 is 2.00 bits per heavy atom. The first-order chi connectivity index (χ1) is 5.72. The molecule has 0 spiro atoms. The standard InChI is InChI=1S/C9H9FN2/c1-7(6-11)12-9-4-2-8(10)3-5-9/h2-5,7,12H,1H3. The second kappa shape index (κ2) is 3.72. The second-order valence-electron chi connectivity index (χ2n) is 2.50. The average Bonchev–Trinajstić information content (AvgIpc) is 2.09. The first-order valence-corrected chi connectivity index (χ1v) is 3.64. The van der Waals surface area contributed by atoms with E-state index in [1.165, 1.54) is 12.1 Å². The highest BCUT2D eigenvalue weighted by atomic mass is 19.1. The number of anilines is 1. The van der Waals surface area contributed by atoms with E-state index in [1.54, 1.807) is 19.1 Å². The Morgan fingerprint density at radius 1 is 1.42 bits per heavy atom. The largest absolute Gasteiger partial charge is 0.370 e. The number of rotatable bonds is 2. The number of nitrogens with one attached hydrogen (secondary N) is 1. The first kappa shape index (κ1) is 8.54. The highest BCUT2D eigenvalue weighted by Gasteiger charge is 1.97. The van der Waals surface area contributed by atoms with E-state index in [0.29, 0.717) is 0 Å². The van der Waals surface area contributed by atoms with E-state index in [1.807, 2.05) is 6.07 Å². The molecule has 0 heterocycles. The zero-order valence-electron chi connectivity index (χ0n) is 6.71. The molecule has 0 saturated carbocycles. The van der Waals surface area contributed by atoms with Gasteiger partial charge in [0.1, 0.15) is 11.9 Å². The Hall–Kier alpha value is -1.56. The predicted octanol–water partition coefficient (Wildman–Crippen LogP) is 2.15. The van der Waals surface area contributed by atoms with Crippen LogP contribution >= 0.6 is 0 Å². The molecule has 1 unspecified atom stereocenters. The lowest BCUT2D eigenvalue weighted by molar-refractivity contribution is 0.628. The van der Waals surface area contributed by atoms with Crippen LogP contribution in [0.4, 0.5) is 10.1 Å². The minimum absolute atomic E-state index is 0.254. The third-order valence-corrected chi connectivity index (χ3v) is 1.42. The lowest BCUT2D eigenvalue weighted by atomic mass is 10.3. The molecule has 1 aromatic rings. The molecule has 0 saturated heterocycles. The number of hydrogen-bond acceptors (Lipinski definition) is 2. The molecule has 0 aliphatic carbocycles. The van der Waals surface area contributed by atoms with Gasteiger partial charge in [0.2, 0.25) is 0 Å². The first-order valence-electron chi connectivity index (χ1n) is 3.64. The summed E-state index contributed by atoms with van der Waals surface area (Å²) in [6.07, 6.45) is 0. The van der Waals surface area contributed by atoms with Gasteiger partial charge in [0.15, 0.2) is 0 Å². The molecule has 1 aromatic carbocycles. The number of nitriles is 1. The van der Waals surface area contributed by atoms with Gasteiger partial charge in [0.05, 0.1) is 6.07 Å². The molecule has 1 atom stereocenters. The van der Waals surface area contributed by atoms with Gasteiger partial charge < -0.3 is 5.32 Å². The number of hydrogen-bond donors (Lipinski definition) is 1. The van der Waals surface area contributed by atoms with E-state index in [0.717, 1.165) is 5.69 Å². The molecule has 0 fully saturated rings. The molecule has 0 bridgehead atoms. The molecule has 1 rings (SSSR count). The Balaban J connectivity index is 2.66. The molecule has 0 aliphatic heterocycles. The predicted molar refractivity (Wildman–Crippen MR) is 45.1 cm³/mol. The molecule has 1 N–H and O–H groups in total. The summed E-state index contributed by atoms with van der Waals surface area (Å²) in [7, 11) is 0. The second-order valence-corrected chi connectivity index (χ2v) is 2.50. The molecule has 0 aliphatic rings. The molecule has 12 heavy (non-hydrogen) atoms. The van der Waals surface area contributed by atoms with Crippen LogP contribution in [-0.2, 0) is 0 Å². The Bertz CT molecular complexity index is 286. The molecule has 62 valence electrons. The van der Waals surface area contributed by atoms with Crippen molar-refractivity contribution in [3.05, 3.63) is 30.1 Å². The van der Waals surface area contributed by atoms with Gasteiger partial charge in [0, 0.05) is 5.69 Å². The summed E-state index contributed by atoms with van der Waals surface area (Å²) in [5.41, 5.74) is 0.755. The fourth-order valence-corrected chi connectivity index (χ4v) is 0.828. The lowest BCUT2D eigenvalue weighted by Gasteiger charge is -2.06. The topological polar surface area (TPSA) is 35.8 Å². The van der Waals surface area contributed by atoms with E-state index in [4.69, 9.17) is 5.26 Å². The van der Waals surface area contributed by atoms with Crippen molar-refractivity contribution in [3.63, 3.8) is 0 Å². The van der Waals surface area contributed by atoms with E-state index >= 15 is 0 Å². The maximum Gasteiger partial charge on any atom is 0.123 e. The molecule has 0 amide bonds. The third kappa shape index (κ3) is 2.24. The van der Waals surface area contributed by atoms with E-state index in [-0.39, 0.29) is 11.9 Å². The van der Waals surface area contributed by atoms with Crippen LogP contribution in [0.5, 0.6) is 0 Å². The van der Waals surface area contributed by atoms with Gasteiger partial charge in [-0.1, -0.05) is 0 Å². The quantitative estimate of drug-likeness (QED) is 0.726. The van der Waals surface area contributed by atoms with Crippen LogP contribution in [0.15, 0.2) is 24.3 Å². The van der Waals surface area contributed by atoms with Crippen molar-refractivity contribution >= 4 is 5.69 Å². The number of nitrogens with zero attached hydrogens (tertiary/aromatic N) is 1. The van der Waals surface area contributed by atoms with E-state index < -0.39 is 0 Å². The molecular formula is C9H9FN2. The molecule has 3 heteroatoms. The van der Waals surface area contributed by atoms with Crippen molar-refractivity contribution in [2.24, 2.45) is 0 Å². The smallest absolute Gasteiger partial charge is 0.123 e. The van der Waals surface area contributed by atoms with Crippen molar-refractivity contribution in [1.82, 2.24) is 0 Å². The summed E-state index contributed by atoms with van der Waals surface area (Å²) >= 11 is 0. The summed E-state index contributed by atoms with van der Waals surface area (Å²) in [6, 6.07) is 7.68. The van der Waals surface area contributed by atoms with Crippen LogP contribution in [0, 0.1) is 17.1 Å². The van der Waals surface area contributed by atoms with Gasteiger partial charge in [-0.2, -0.15) is 5.26 Å². The molecule has 2 nitrogen and oxygen atoms in total. The van der Waals surface area contributed by atoms with Gasteiger partial charge >= 0.3 is 0 Å². The van der Waals surface area contributed by atoms with E-state index in [9.17, 15) is 4.39 Å². The summed E-state index contributed by atoms with van der Waals surface area (Å²) in [4.78, 5) is 0. The van der Waals surface area contributed by atoms with Crippen LogP contribution in [-0.4, -0.2) is 6.04 Å². The maximum absolute atomic E-state index is 12.4. The van der Waals surface area contributed by atoms with Crippen molar-refractivity contribution in [2.75, 3.05) is 5.32 Å². The summed E-state index contributed by atoms with van der Waals surface area (Å²) < 4.78 is 12.4. The fraction of sp³-hybridized carbons (Fsp3) is 0.222. The average molecular weight is 164 g/mol. The summed E-state index contributed by atoms with van der Waals surface area (Å²) in [5.74, 6) is -0.273. The normalized spacial score (nSPS) is 11.8. The van der Waals surface area contributed by atoms with Crippen LogP contribution in [0.25, 0.3) is 0 Å². The SMILES string of the molecule is CC(C#N)Nc1ccc(F)cc1. The summed E-state index contributed by atoms with van der Waals surface area (Å²) in [5, 5.41) is 11.4. The highest BCUT2D eigenvalue weighted by Crippen LogP contribution is 2.08. The van der Waals surface area contributed by atoms with Gasteiger partial charge in [-0.25, -0.2) is 4.39 Å². The summed E-state index contributed by atoms with van der Waals surface area (Å²) in [6.45, 7) is 1.74. The lowest BCUT2D eigenvalue weighted by Crippen LogP contribution is -2.11. The monoisotopic (exact) mass is 164 g/mol. The zero-order chi connectivity index (χ0) is 8.97. The highest BCUT2D eigenvalue weighted by molar-refractivity contribution is 5.44. The minimum atomic E-state index is -0.273. The van der Waals surface area contributed by atoms with Crippen molar-refractivity contribution < 1.29 is 4.39 Å². The van der Waals surface area contributed by atoms with Crippen molar-refractivity contribution in [3.8, 4) is 6.07 Å². The van der Waals surface area contributed by atoms with Gasteiger partial charge in [-0.3, -0.25) is 0 Å². The van der Waals surface area contributed by atoms with Crippen molar-refractivity contribution in [2.45, 2.75) is 13.0 Å². The Morgan fingerprint density at radius 3 is 2.50 bits per heavy atom. The van der Waals surface area contributed by atoms with Crippen LogP contribution < -0.4 is 5.32 Å². The Labute approximate surface area is 70.6 Å². The van der Waals surface area contributed by atoms with Gasteiger partial charge in [-0.05, 0) is 31.2 Å². The zero-order valence-corrected chi connectivity index (χ0v) is 6.71. The molecule has 0 radical (unpaired) electrons. The fourth-order valence-electron chi connectivity index (χ4n) is 0.828.